The van der Waals surface area contributed by atoms with Gasteiger partial charge in [0, 0.05) is 6.42 Å². The van der Waals surface area contributed by atoms with Crippen molar-refractivity contribution in [3.8, 4) is 0 Å². The molecule has 0 aliphatic heterocycles. The Bertz CT molecular complexity index is 129. The van der Waals surface area contributed by atoms with Crippen molar-refractivity contribution in [1.82, 2.24) is 0 Å². The normalized spacial score (nSPS) is 13.8. The SMILES string of the molecule is C/C=C/C(O)CCC(=O)O. The Kier molecular flexibility index (Phi) is 4.58. The summed E-state index contributed by atoms with van der Waals surface area (Å²) in [5, 5.41) is 17.1. The molecule has 0 aromatic heterocycles. The van der Waals surface area contributed by atoms with E-state index in [1.54, 1.807) is 19.1 Å². The van der Waals surface area contributed by atoms with Crippen LogP contribution in [0.2, 0.25) is 0 Å². The Morgan fingerprint density at radius 1 is 1.70 bits per heavy atom. The fourth-order valence-corrected chi connectivity index (χ4v) is 0.590. The van der Waals surface area contributed by atoms with E-state index in [9.17, 15) is 4.79 Å². The van der Waals surface area contributed by atoms with Crippen LogP contribution in [0.4, 0.5) is 0 Å². The minimum atomic E-state index is -0.872. The second-order valence-corrected chi connectivity index (χ2v) is 2.03. The number of carbonyl (C=O) groups is 1. The Morgan fingerprint density at radius 3 is 2.70 bits per heavy atom. The summed E-state index contributed by atoms with van der Waals surface area (Å²) in [5.41, 5.74) is 0. The van der Waals surface area contributed by atoms with E-state index < -0.39 is 12.1 Å². The molecule has 0 rings (SSSR count). The van der Waals surface area contributed by atoms with Gasteiger partial charge in [-0.25, -0.2) is 0 Å². The van der Waals surface area contributed by atoms with Crippen LogP contribution < -0.4 is 0 Å². The van der Waals surface area contributed by atoms with Gasteiger partial charge >= 0.3 is 5.97 Å². The van der Waals surface area contributed by atoms with Crippen LogP contribution in [0.3, 0.4) is 0 Å². The predicted molar refractivity (Wildman–Crippen MR) is 37.7 cm³/mol. The van der Waals surface area contributed by atoms with E-state index in [1.165, 1.54) is 0 Å². The molecule has 0 aliphatic carbocycles. The van der Waals surface area contributed by atoms with Gasteiger partial charge in [-0.1, -0.05) is 12.2 Å². The van der Waals surface area contributed by atoms with E-state index in [0.717, 1.165) is 0 Å². The number of hydrogen-bond acceptors (Lipinski definition) is 2. The molecule has 0 radical (unpaired) electrons. The first-order valence-electron chi connectivity index (χ1n) is 3.19. The van der Waals surface area contributed by atoms with Gasteiger partial charge in [0.15, 0.2) is 0 Å². The average Bonchev–Trinajstić information content (AvgIpc) is 1.85. The highest BCUT2D eigenvalue weighted by Crippen LogP contribution is 1.97. The number of hydrogen-bond donors (Lipinski definition) is 2. The molecule has 0 saturated carbocycles. The summed E-state index contributed by atoms with van der Waals surface area (Å²) in [6, 6.07) is 0. The zero-order valence-electron chi connectivity index (χ0n) is 5.95. The minimum absolute atomic E-state index is 0.0194. The van der Waals surface area contributed by atoms with Gasteiger partial charge in [-0.2, -0.15) is 0 Å². The van der Waals surface area contributed by atoms with Crippen molar-refractivity contribution in [3.05, 3.63) is 12.2 Å². The van der Waals surface area contributed by atoms with E-state index in [0.29, 0.717) is 6.42 Å². The van der Waals surface area contributed by atoms with Crippen molar-refractivity contribution in [1.29, 1.82) is 0 Å². The maximum absolute atomic E-state index is 9.97. The highest BCUT2D eigenvalue weighted by Gasteiger charge is 2.01. The number of rotatable bonds is 4. The molecule has 0 amide bonds. The molecule has 10 heavy (non-hydrogen) atoms. The third kappa shape index (κ3) is 5.31. The lowest BCUT2D eigenvalue weighted by Crippen LogP contribution is -2.05. The minimum Gasteiger partial charge on any atom is -0.481 e. The zero-order chi connectivity index (χ0) is 7.98. The second kappa shape index (κ2) is 4.99. The van der Waals surface area contributed by atoms with Gasteiger partial charge < -0.3 is 10.2 Å². The molecule has 58 valence electrons. The van der Waals surface area contributed by atoms with Crippen molar-refractivity contribution < 1.29 is 15.0 Å². The third-order valence-corrected chi connectivity index (χ3v) is 1.07. The zero-order valence-corrected chi connectivity index (χ0v) is 5.95. The maximum atomic E-state index is 9.97. The van der Waals surface area contributed by atoms with Crippen LogP contribution in [0, 0.1) is 0 Å². The van der Waals surface area contributed by atoms with E-state index >= 15 is 0 Å². The van der Waals surface area contributed by atoms with Crippen molar-refractivity contribution in [2.45, 2.75) is 25.9 Å². The van der Waals surface area contributed by atoms with Gasteiger partial charge in [0.2, 0.25) is 0 Å². The third-order valence-electron chi connectivity index (χ3n) is 1.07. The van der Waals surface area contributed by atoms with Gasteiger partial charge in [0.25, 0.3) is 0 Å². The fourth-order valence-electron chi connectivity index (χ4n) is 0.590. The summed E-state index contributed by atoms with van der Waals surface area (Å²) in [4.78, 5) is 9.97. The molecule has 3 nitrogen and oxygen atoms in total. The molecule has 1 unspecified atom stereocenters. The Balaban J connectivity index is 3.39. The number of carboxylic acid groups (broad SMARTS) is 1. The summed E-state index contributed by atoms with van der Waals surface area (Å²) in [6.45, 7) is 1.78. The lowest BCUT2D eigenvalue weighted by molar-refractivity contribution is -0.137. The number of aliphatic carboxylic acids is 1. The molecule has 0 saturated heterocycles. The highest BCUT2D eigenvalue weighted by molar-refractivity contribution is 5.66. The van der Waals surface area contributed by atoms with Crippen LogP contribution in [0.15, 0.2) is 12.2 Å². The fraction of sp³-hybridized carbons (Fsp3) is 0.571. The summed E-state index contributed by atoms with van der Waals surface area (Å²) in [7, 11) is 0. The lowest BCUT2D eigenvalue weighted by atomic mass is 10.2. The van der Waals surface area contributed by atoms with Crippen LogP contribution in [-0.4, -0.2) is 22.3 Å². The van der Waals surface area contributed by atoms with Crippen LogP contribution >= 0.6 is 0 Å². The molecule has 3 heteroatoms. The molecular formula is C7H12O3. The Labute approximate surface area is 60.0 Å². The predicted octanol–water partition coefficient (Wildman–Crippen LogP) is 0.788. The van der Waals surface area contributed by atoms with Crippen LogP contribution in [-0.2, 0) is 4.79 Å². The van der Waals surface area contributed by atoms with E-state index in [1.807, 2.05) is 0 Å². The smallest absolute Gasteiger partial charge is 0.303 e. The largest absolute Gasteiger partial charge is 0.481 e. The summed E-state index contributed by atoms with van der Waals surface area (Å²) in [6.07, 6.45) is 2.97. The molecule has 0 spiro atoms. The summed E-state index contributed by atoms with van der Waals surface area (Å²) < 4.78 is 0. The van der Waals surface area contributed by atoms with Gasteiger partial charge in [-0.05, 0) is 13.3 Å². The molecule has 0 heterocycles. The van der Waals surface area contributed by atoms with Crippen LogP contribution in [0.1, 0.15) is 19.8 Å². The van der Waals surface area contributed by atoms with Crippen molar-refractivity contribution >= 4 is 5.97 Å². The average molecular weight is 144 g/mol. The first kappa shape index (κ1) is 9.17. The molecule has 1 atom stereocenters. The van der Waals surface area contributed by atoms with Gasteiger partial charge in [-0.3, -0.25) is 4.79 Å². The molecule has 0 fully saturated rings. The summed E-state index contributed by atoms with van der Waals surface area (Å²) in [5.74, 6) is -0.872. The van der Waals surface area contributed by atoms with Crippen molar-refractivity contribution in [2.75, 3.05) is 0 Å². The van der Waals surface area contributed by atoms with Gasteiger partial charge in [0.05, 0.1) is 6.10 Å². The van der Waals surface area contributed by atoms with E-state index in [2.05, 4.69) is 0 Å². The molecule has 2 N–H and O–H groups in total. The lowest BCUT2D eigenvalue weighted by Gasteiger charge is -2.00. The molecular weight excluding hydrogens is 132 g/mol. The molecule has 0 aromatic rings. The van der Waals surface area contributed by atoms with Crippen LogP contribution in [0.5, 0.6) is 0 Å². The van der Waals surface area contributed by atoms with Crippen molar-refractivity contribution in [2.24, 2.45) is 0 Å². The van der Waals surface area contributed by atoms with Crippen molar-refractivity contribution in [3.63, 3.8) is 0 Å². The first-order valence-corrected chi connectivity index (χ1v) is 3.19. The van der Waals surface area contributed by atoms with E-state index in [-0.39, 0.29) is 6.42 Å². The topological polar surface area (TPSA) is 57.5 Å². The number of allylic oxidation sites excluding steroid dienone is 1. The number of aliphatic hydroxyl groups is 1. The molecule has 0 aromatic carbocycles. The van der Waals surface area contributed by atoms with Crippen LogP contribution in [0.25, 0.3) is 0 Å². The quantitative estimate of drug-likeness (QED) is 0.573. The Hall–Kier alpha value is -0.830. The second-order valence-electron chi connectivity index (χ2n) is 2.03. The highest BCUT2D eigenvalue weighted by atomic mass is 16.4. The first-order chi connectivity index (χ1) is 4.66. The summed E-state index contributed by atoms with van der Waals surface area (Å²) >= 11 is 0. The Morgan fingerprint density at radius 2 is 2.30 bits per heavy atom. The molecule has 0 aliphatic rings. The number of carboxylic acids is 1. The monoisotopic (exact) mass is 144 g/mol. The van der Waals surface area contributed by atoms with Gasteiger partial charge in [0.1, 0.15) is 0 Å². The number of aliphatic hydroxyl groups excluding tert-OH is 1. The molecule has 0 bridgehead atoms. The maximum Gasteiger partial charge on any atom is 0.303 e. The van der Waals surface area contributed by atoms with Gasteiger partial charge in [-0.15, -0.1) is 0 Å². The van der Waals surface area contributed by atoms with E-state index in [4.69, 9.17) is 10.2 Å². The standard InChI is InChI=1S/C7H12O3/c1-2-3-6(8)4-5-7(9)10/h2-3,6,8H,4-5H2,1H3,(H,9,10)/b3-2+.